The van der Waals surface area contributed by atoms with Gasteiger partial charge in [-0.05, 0) is 38.1 Å². The fourth-order valence-electron chi connectivity index (χ4n) is 2.35. The Kier molecular flexibility index (Phi) is 2.66. The van der Waals surface area contributed by atoms with E-state index in [2.05, 4.69) is 4.90 Å². The minimum absolute atomic E-state index is 0.368. The lowest BCUT2D eigenvalue weighted by molar-refractivity contribution is 0.120. The van der Waals surface area contributed by atoms with Gasteiger partial charge in [0.2, 0.25) is 0 Å². The van der Waals surface area contributed by atoms with Crippen molar-refractivity contribution in [3.05, 3.63) is 0 Å². The standard InChI is InChI=1S/C10H19NO/c12-8-10-5-2-6-11(10)7-9-3-1-4-9/h9-10,12H,1-8H2. The molecular formula is C10H19NO. The van der Waals surface area contributed by atoms with Crippen LogP contribution in [0.3, 0.4) is 0 Å². The fraction of sp³-hybridized carbons (Fsp3) is 1.00. The van der Waals surface area contributed by atoms with Crippen LogP contribution in [-0.2, 0) is 0 Å². The Morgan fingerprint density at radius 1 is 1.17 bits per heavy atom. The summed E-state index contributed by atoms with van der Waals surface area (Å²) < 4.78 is 0. The van der Waals surface area contributed by atoms with Gasteiger partial charge in [-0.15, -0.1) is 0 Å². The molecule has 0 aromatic carbocycles. The highest BCUT2D eigenvalue weighted by Crippen LogP contribution is 2.29. The molecule has 0 aromatic rings. The molecule has 2 rings (SSSR count). The number of likely N-dealkylation sites (tertiary alicyclic amines) is 1. The lowest BCUT2D eigenvalue weighted by Crippen LogP contribution is -2.37. The maximum Gasteiger partial charge on any atom is 0.0586 e. The summed E-state index contributed by atoms with van der Waals surface area (Å²) in [6, 6.07) is 0.491. The van der Waals surface area contributed by atoms with Crippen LogP contribution in [0.15, 0.2) is 0 Å². The van der Waals surface area contributed by atoms with E-state index in [0.717, 1.165) is 5.92 Å². The van der Waals surface area contributed by atoms with Gasteiger partial charge < -0.3 is 5.11 Å². The monoisotopic (exact) mass is 169 g/mol. The highest BCUT2D eigenvalue weighted by atomic mass is 16.3. The first-order valence-corrected chi connectivity index (χ1v) is 5.25. The van der Waals surface area contributed by atoms with Crippen LogP contribution in [0.5, 0.6) is 0 Å². The fourth-order valence-corrected chi connectivity index (χ4v) is 2.35. The second-order valence-electron chi connectivity index (χ2n) is 4.27. The predicted molar refractivity (Wildman–Crippen MR) is 49.0 cm³/mol. The van der Waals surface area contributed by atoms with Gasteiger partial charge in [0, 0.05) is 12.6 Å². The molecule has 2 aliphatic rings. The Morgan fingerprint density at radius 3 is 2.58 bits per heavy atom. The summed E-state index contributed by atoms with van der Waals surface area (Å²) in [6.45, 7) is 2.85. The van der Waals surface area contributed by atoms with Crippen LogP contribution >= 0.6 is 0 Å². The summed E-state index contributed by atoms with van der Waals surface area (Å²) in [5.74, 6) is 0.956. The molecule has 0 bridgehead atoms. The van der Waals surface area contributed by atoms with E-state index in [-0.39, 0.29) is 0 Å². The SMILES string of the molecule is OCC1CCCN1CC1CCC1. The molecule has 1 saturated heterocycles. The Hall–Kier alpha value is -0.0800. The van der Waals surface area contributed by atoms with Crippen molar-refractivity contribution >= 4 is 0 Å². The Balaban J connectivity index is 1.77. The van der Waals surface area contributed by atoms with E-state index in [4.69, 9.17) is 5.11 Å². The summed E-state index contributed by atoms with van der Waals surface area (Å²) in [5, 5.41) is 9.10. The smallest absolute Gasteiger partial charge is 0.0586 e. The zero-order valence-electron chi connectivity index (χ0n) is 7.71. The highest BCUT2D eigenvalue weighted by Gasteiger charge is 2.28. The van der Waals surface area contributed by atoms with Crippen molar-refractivity contribution in [2.45, 2.75) is 38.1 Å². The molecule has 1 saturated carbocycles. The molecule has 1 atom stereocenters. The number of hydrogen-bond donors (Lipinski definition) is 1. The van der Waals surface area contributed by atoms with Gasteiger partial charge in [-0.2, -0.15) is 0 Å². The van der Waals surface area contributed by atoms with Crippen molar-refractivity contribution in [1.29, 1.82) is 0 Å². The normalized spacial score (nSPS) is 32.2. The van der Waals surface area contributed by atoms with Gasteiger partial charge in [0.1, 0.15) is 0 Å². The average Bonchev–Trinajstić information content (AvgIpc) is 2.43. The molecule has 0 amide bonds. The van der Waals surface area contributed by atoms with Crippen LogP contribution in [0, 0.1) is 5.92 Å². The average molecular weight is 169 g/mol. The van der Waals surface area contributed by atoms with Crippen LogP contribution in [0.25, 0.3) is 0 Å². The molecular weight excluding hydrogens is 150 g/mol. The first kappa shape index (κ1) is 8.52. The highest BCUT2D eigenvalue weighted by molar-refractivity contribution is 4.82. The van der Waals surface area contributed by atoms with E-state index in [1.807, 2.05) is 0 Å². The maximum atomic E-state index is 9.10. The molecule has 2 heteroatoms. The summed E-state index contributed by atoms with van der Waals surface area (Å²) in [6.07, 6.45) is 6.78. The molecule has 0 aromatic heterocycles. The molecule has 1 unspecified atom stereocenters. The van der Waals surface area contributed by atoms with Crippen molar-refractivity contribution in [1.82, 2.24) is 4.90 Å². The number of aliphatic hydroxyl groups is 1. The molecule has 0 spiro atoms. The molecule has 12 heavy (non-hydrogen) atoms. The Labute approximate surface area is 74.6 Å². The molecule has 2 nitrogen and oxygen atoms in total. The minimum Gasteiger partial charge on any atom is -0.395 e. The number of nitrogens with zero attached hydrogens (tertiary/aromatic N) is 1. The molecule has 70 valence electrons. The summed E-state index contributed by atoms with van der Waals surface area (Å²) in [7, 11) is 0. The van der Waals surface area contributed by atoms with Crippen molar-refractivity contribution in [3.63, 3.8) is 0 Å². The minimum atomic E-state index is 0.368. The van der Waals surface area contributed by atoms with Gasteiger partial charge in [0.15, 0.2) is 0 Å². The van der Waals surface area contributed by atoms with Crippen LogP contribution in [0.1, 0.15) is 32.1 Å². The van der Waals surface area contributed by atoms with Gasteiger partial charge in [0.25, 0.3) is 0 Å². The molecule has 1 heterocycles. The first-order valence-electron chi connectivity index (χ1n) is 5.25. The summed E-state index contributed by atoms with van der Waals surface area (Å²) in [5.41, 5.74) is 0. The van der Waals surface area contributed by atoms with Crippen LogP contribution in [-0.4, -0.2) is 35.7 Å². The Morgan fingerprint density at radius 2 is 2.00 bits per heavy atom. The van der Waals surface area contributed by atoms with E-state index < -0.39 is 0 Å². The second-order valence-corrected chi connectivity index (χ2v) is 4.27. The van der Waals surface area contributed by atoms with Crippen molar-refractivity contribution in [2.24, 2.45) is 5.92 Å². The number of rotatable bonds is 3. The van der Waals surface area contributed by atoms with E-state index >= 15 is 0 Å². The zero-order valence-corrected chi connectivity index (χ0v) is 7.71. The third kappa shape index (κ3) is 1.64. The van der Waals surface area contributed by atoms with Crippen LogP contribution < -0.4 is 0 Å². The first-order chi connectivity index (χ1) is 5.90. The topological polar surface area (TPSA) is 23.5 Å². The lowest BCUT2D eigenvalue weighted by atomic mass is 9.85. The van der Waals surface area contributed by atoms with Crippen molar-refractivity contribution in [2.75, 3.05) is 19.7 Å². The van der Waals surface area contributed by atoms with Gasteiger partial charge >= 0.3 is 0 Å². The van der Waals surface area contributed by atoms with E-state index in [0.29, 0.717) is 12.6 Å². The molecule has 2 fully saturated rings. The number of hydrogen-bond acceptors (Lipinski definition) is 2. The van der Waals surface area contributed by atoms with E-state index in [9.17, 15) is 0 Å². The second kappa shape index (κ2) is 3.75. The largest absolute Gasteiger partial charge is 0.395 e. The zero-order chi connectivity index (χ0) is 8.39. The molecule has 1 aliphatic carbocycles. The third-order valence-electron chi connectivity index (χ3n) is 3.43. The maximum absolute atomic E-state index is 9.10. The lowest BCUT2D eigenvalue weighted by Gasteiger charge is -2.32. The molecule has 1 aliphatic heterocycles. The van der Waals surface area contributed by atoms with Crippen molar-refractivity contribution < 1.29 is 5.11 Å². The molecule has 1 N–H and O–H groups in total. The van der Waals surface area contributed by atoms with Crippen molar-refractivity contribution in [3.8, 4) is 0 Å². The van der Waals surface area contributed by atoms with E-state index in [1.54, 1.807) is 0 Å². The molecule has 0 radical (unpaired) electrons. The number of aliphatic hydroxyl groups excluding tert-OH is 1. The van der Waals surface area contributed by atoms with Crippen LogP contribution in [0.2, 0.25) is 0 Å². The summed E-state index contributed by atoms with van der Waals surface area (Å²) in [4.78, 5) is 2.49. The van der Waals surface area contributed by atoms with E-state index in [1.165, 1.54) is 45.2 Å². The summed E-state index contributed by atoms with van der Waals surface area (Å²) >= 11 is 0. The van der Waals surface area contributed by atoms with Crippen LogP contribution in [0.4, 0.5) is 0 Å². The van der Waals surface area contributed by atoms with Gasteiger partial charge in [-0.3, -0.25) is 4.90 Å². The third-order valence-corrected chi connectivity index (χ3v) is 3.43. The quantitative estimate of drug-likeness (QED) is 0.687. The van der Waals surface area contributed by atoms with Gasteiger partial charge in [-0.25, -0.2) is 0 Å². The Bertz CT molecular complexity index is 145. The van der Waals surface area contributed by atoms with Gasteiger partial charge in [-0.1, -0.05) is 6.42 Å². The predicted octanol–water partition coefficient (Wildman–Crippen LogP) is 1.24. The van der Waals surface area contributed by atoms with Gasteiger partial charge in [0.05, 0.1) is 6.61 Å².